The molecule has 0 bridgehead atoms. The summed E-state index contributed by atoms with van der Waals surface area (Å²) < 4.78 is 13.7. The lowest BCUT2D eigenvalue weighted by Gasteiger charge is -2.09. The number of carbonyl (C=O) groups is 2. The van der Waals surface area contributed by atoms with Gasteiger partial charge in [-0.05, 0) is 24.3 Å². The van der Waals surface area contributed by atoms with Crippen molar-refractivity contribution in [2.24, 2.45) is 0 Å². The third-order valence-electron chi connectivity index (χ3n) is 2.51. The van der Waals surface area contributed by atoms with Gasteiger partial charge in [0, 0.05) is 5.56 Å². The van der Waals surface area contributed by atoms with E-state index in [0.29, 0.717) is 0 Å². The number of rotatable bonds is 3. The maximum atomic E-state index is 13.7. The molecule has 0 aliphatic carbocycles. The molecule has 0 spiro atoms. The van der Waals surface area contributed by atoms with Crippen molar-refractivity contribution in [1.29, 1.82) is 0 Å². The van der Waals surface area contributed by atoms with E-state index in [1.807, 2.05) is 0 Å². The van der Waals surface area contributed by atoms with E-state index in [1.54, 1.807) is 0 Å². The van der Waals surface area contributed by atoms with E-state index in [2.05, 4.69) is 10.3 Å². The molecular formula is C13H7Cl2FN2O3. The van der Waals surface area contributed by atoms with Crippen molar-refractivity contribution in [3.63, 3.8) is 0 Å². The highest BCUT2D eigenvalue weighted by molar-refractivity contribution is 6.33. The van der Waals surface area contributed by atoms with Crippen molar-refractivity contribution < 1.29 is 19.1 Å². The Hall–Kier alpha value is -2.18. The molecule has 1 amide bonds. The number of carboxylic acids is 1. The summed E-state index contributed by atoms with van der Waals surface area (Å²) in [6.45, 7) is 0. The van der Waals surface area contributed by atoms with Crippen LogP contribution in [0.5, 0.6) is 0 Å². The fourth-order valence-corrected chi connectivity index (χ4v) is 2.07. The summed E-state index contributed by atoms with van der Waals surface area (Å²) in [6.07, 6.45) is 0. The zero-order valence-corrected chi connectivity index (χ0v) is 11.7. The summed E-state index contributed by atoms with van der Waals surface area (Å²) in [4.78, 5) is 26.7. The van der Waals surface area contributed by atoms with Gasteiger partial charge in [0.1, 0.15) is 16.1 Å². The Morgan fingerprint density at radius 3 is 2.38 bits per heavy atom. The quantitative estimate of drug-likeness (QED) is 0.845. The molecule has 2 rings (SSSR count). The van der Waals surface area contributed by atoms with Crippen LogP contribution < -0.4 is 5.32 Å². The Bertz CT molecular complexity index is 717. The number of carboxylic acid groups (broad SMARTS) is 1. The second-order valence-electron chi connectivity index (χ2n) is 3.92. The van der Waals surface area contributed by atoms with Crippen LogP contribution in [0.25, 0.3) is 0 Å². The van der Waals surface area contributed by atoms with Crippen LogP contribution in [0.3, 0.4) is 0 Å². The molecule has 0 saturated heterocycles. The Balaban J connectivity index is 2.38. The average molecular weight is 329 g/mol. The van der Waals surface area contributed by atoms with Gasteiger partial charge in [0.15, 0.2) is 0 Å². The Morgan fingerprint density at radius 2 is 1.81 bits per heavy atom. The van der Waals surface area contributed by atoms with Crippen LogP contribution in [0, 0.1) is 5.82 Å². The molecule has 0 aliphatic rings. The highest BCUT2D eigenvalue weighted by Gasteiger charge is 2.18. The lowest BCUT2D eigenvalue weighted by Crippen LogP contribution is -2.16. The SMILES string of the molecule is O=C(Nc1c(F)cccc1C(=O)O)c1cc(Cl)nc(Cl)c1. The fraction of sp³-hybridized carbons (Fsp3) is 0. The van der Waals surface area contributed by atoms with E-state index in [1.165, 1.54) is 24.3 Å². The maximum absolute atomic E-state index is 13.7. The zero-order chi connectivity index (χ0) is 15.6. The Morgan fingerprint density at radius 1 is 1.19 bits per heavy atom. The minimum atomic E-state index is -1.37. The minimum Gasteiger partial charge on any atom is -0.478 e. The van der Waals surface area contributed by atoms with Crippen LogP contribution in [-0.2, 0) is 0 Å². The van der Waals surface area contributed by atoms with Gasteiger partial charge in [-0.15, -0.1) is 0 Å². The van der Waals surface area contributed by atoms with Crippen LogP contribution in [0.1, 0.15) is 20.7 Å². The van der Waals surface area contributed by atoms with Gasteiger partial charge < -0.3 is 10.4 Å². The summed E-state index contributed by atoms with van der Waals surface area (Å²) in [5, 5.41) is 11.2. The van der Waals surface area contributed by atoms with Crippen molar-refractivity contribution >= 4 is 40.8 Å². The van der Waals surface area contributed by atoms with E-state index in [0.717, 1.165) is 6.07 Å². The standard InChI is InChI=1S/C13H7Cl2FN2O3/c14-9-4-6(5-10(15)17-9)12(19)18-11-7(13(20)21)2-1-3-8(11)16/h1-5H,(H,18,19)(H,20,21). The van der Waals surface area contributed by atoms with E-state index in [9.17, 15) is 14.0 Å². The number of nitrogens with zero attached hydrogens (tertiary/aromatic N) is 1. The summed E-state index contributed by atoms with van der Waals surface area (Å²) >= 11 is 11.3. The Labute approximate surface area is 128 Å². The van der Waals surface area contributed by atoms with E-state index < -0.39 is 23.4 Å². The Kier molecular flexibility index (Phi) is 4.40. The molecule has 0 radical (unpaired) electrons. The molecule has 2 N–H and O–H groups in total. The lowest BCUT2D eigenvalue weighted by atomic mass is 10.1. The highest BCUT2D eigenvalue weighted by Crippen LogP contribution is 2.22. The molecule has 5 nitrogen and oxygen atoms in total. The van der Waals surface area contributed by atoms with Crippen molar-refractivity contribution in [1.82, 2.24) is 4.98 Å². The van der Waals surface area contributed by atoms with Crippen LogP contribution in [0.15, 0.2) is 30.3 Å². The number of nitrogens with one attached hydrogen (secondary N) is 1. The molecule has 0 aliphatic heterocycles. The lowest BCUT2D eigenvalue weighted by molar-refractivity contribution is 0.0697. The van der Waals surface area contributed by atoms with Gasteiger partial charge in [0.05, 0.1) is 11.3 Å². The average Bonchev–Trinajstić information content (AvgIpc) is 2.39. The van der Waals surface area contributed by atoms with Crippen molar-refractivity contribution in [2.75, 3.05) is 5.32 Å². The topological polar surface area (TPSA) is 79.3 Å². The molecule has 1 heterocycles. The normalized spacial score (nSPS) is 10.2. The van der Waals surface area contributed by atoms with Crippen molar-refractivity contribution in [3.8, 4) is 0 Å². The number of pyridine rings is 1. The molecule has 21 heavy (non-hydrogen) atoms. The van der Waals surface area contributed by atoms with Gasteiger partial charge in [-0.2, -0.15) is 0 Å². The summed E-state index contributed by atoms with van der Waals surface area (Å²) in [5.41, 5.74) is -0.770. The first-order valence-corrected chi connectivity index (χ1v) is 6.30. The molecule has 0 atom stereocenters. The number of amides is 1. The predicted octanol–water partition coefficient (Wildman–Crippen LogP) is 3.48. The van der Waals surface area contributed by atoms with Gasteiger partial charge in [0.25, 0.3) is 5.91 Å². The molecular weight excluding hydrogens is 322 g/mol. The number of hydrogen-bond acceptors (Lipinski definition) is 3. The van der Waals surface area contributed by atoms with Crippen LogP contribution >= 0.6 is 23.2 Å². The highest BCUT2D eigenvalue weighted by atomic mass is 35.5. The first kappa shape index (κ1) is 15.2. The summed E-state index contributed by atoms with van der Waals surface area (Å²) in [7, 11) is 0. The number of benzene rings is 1. The van der Waals surface area contributed by atoms with Crippen LogP contribution in [-0.4, -0.2) is 22.0 Å². The maximum Gasteiger partial charge on any atom is 0.337 e. The van der Waals surface area contributed by atoms with Gasteiger partial charge in [-0.3, -0.25) is 4.79 Å². The van der Waals surface area contributed by atoms with E-state index >= 15 is 0 Å². The summed E-state index contributed by atoms with van der Waals surface area (Å²) in [6, 6.07) is 5.89. The molecule has 1 aromatic carbocycles. The van der Waals surface area contributed by atoms with Gasteiger partial charge in [0.2, 0.25) is 0 Å². The van der Waals surface area contributed by atoms with Gasteiger partial charge in [-0.25, -0.2) is 14.2 Å². The number of halogens is 3. The predicted molar refractivity (Wildman–Crippen MR) is 75.6 cm³/mol. The first-order valence-electron chi connectivity index (χ1n) is 5.54. The smallest absolute Gasteiger partial charge is 0.337 e. The van der Waals surface area contributed by atoms with Crippen molar-refractivity contribution in [2.45, 2.75) is 0 Å². The number of anilines is 1. The molecule has 108 valence electrons. The minimum absolute atomic E-state index is 0.0142. The first-order chi connectivity index (χ1) is 9.88. The second kappa shape index (κ2) is 6.07. The molecule has 2 aromatic rings. The molecule has 8 heteroatoms. The van der Waals surface area contributed by atoms with Crippen LogP contribution in [0.4, 0.5) is 10.1 Å². The number of aromatic nitrogens is 1. The fourth-order valence-electron chi connectivity index (χ4n) is 1.61. The monoisotopic (exact) mass is 328 g/mol. The number of para-hydroxylation sites is 1. The molecule has 1 aromatic heterocycles. The number of carbonyl (C=O) groups excluding carboxylic acids is 1. The number of hydrogen-bond donors (Lipinski definition) is 2. The third kappa shape index (κ3) is 3.48. The van der Waals surface area contributed by atoms with Gasteiger partial charge >= 0.3 is 5.97 Å². The second-order valence-corrected chi connectivity index (χ2v) is 4.70. The largest absolute Gasteiger partial charge is 0.478 e. The summed E-state index contributed by atoms with van der Waals surface area (Å²) in [5.74, 6) is -2.99. The van der Waals surface area contributed by atoms with E-state index in [-0.39, 0.29) is 21.4 Å². The molecule has 0 fully saturated rings. The van der Waals surface area contributed by atoms with E-state index in [4.69, 9.17) is 28.3 Å². The van der Waals surface area contributed by atoms with Crippen molar-refractivity contribution in [3.05, 3.63) is 57.6 Å². The zero-order valence-electron chi connectivity index (χ0n) is 10.2. The molecule has 0 unspecified atom stereocenters. The molecule has 0 saturated carbocycles. The van der Waals surface area contributed by atoms with Crippen LogP contribution in [0.2, 0.25) is 10.3 Å². The number of aromatic carboxylic acids is 1. The van der Waals surface area contributed by atoms with Gasteiger partial charge in [-0.1, -0.05) is 29.3 Å². The third-order valence-corrected chi connectivity index (χ3v) is 2.89.